The van der Waals surface area contributed by atoms with Crippen LogP contribution in [0.15, 0.2) is 41.3 Å². The third kappa shape index (κ3) is 7.16. The van der Waals surface area contributed by atoms with Crippen molar-refractivity contribution >= 4 is 0 Å². The molecule has 1 rings (SSSR count). The Morgan fingerprint density at radius 3 is 2.37 bits per heavy atom. The summed E-state index contributed by atoms with van der Waals surface area (Å²) < 4.78 is 14.2. The van der Waals surface area contributed by atoms with Gasteiger partial charge in [0.1, 0.15) is 0 Å². The van der Waals surface area contributed by atoms with Gasteiger partial charge in [-0.15, -0.1) is 6.58 Å². The molecule has 172 valence electrons. The van der Waals surface area contributed by atoms with Gasteiger partial charge in [0, 0.05) is 19.5 Å². The molecule has 1 aliphatic carbocycles. The number of unbranched alkanes of at least 4 members (excludes halogenated alkanes) is 1. The van der Waals surface area contributed by atoms with E-state index in [0.29, 0.717) is 24.7 Å². The molecular formula is C28H48FN. The molecule has 0 aliphatic heterocycles. The molecule has 4 unspecified atom stereocenters. The molecule has 0 N–H and O–H groups in total. The van der Waals surface area contributed by atoms with E-state index in [9.17, 15) is 4.39 Å². The van der Waals surface area contributed by atoms with Gasteiger partial charge < -0.3 is 4.90 Å². The van der Waals surface area contributed by atoms with Gasteiger partial charge in [-0.1, -0.05) is 64.3 Å². The minimum atomic E-state index is -0.698. The summed E-state index contributed by atoms with van der Waals surface area (Å²) in [6.07, 6.45) is 13.0. The third-order valence-corrected chi connectivity index (χ3v) is 7.28. The van der Waals surface area contributed by atoms with E-state index in [1.807, 2.05) is 6.92 Å². The van der Waals surface area contributed by atoms with Crippen LogP contribution in [0.5, 0.6) is 0 Å². The zero-order valence-electron chi connectivity index (χ0n) is 21.0. The van der Waals surface area contributed by atoms with E-state index >= 15 is 0 Å². The summed E-state index contributed by atoms with van der Waals surface area (Å²) in [5.74, 6) is 0.926. The lowest BCUT2D eigenvalue weighted by Gasteiger charge is -2.42. The van der Waals surface area contributed by atoms with Crippen molar-refractivity contribution in [1.29, 1.82) is 0 Å². The normalized spacial score (nSPS) is 20.5. The highest BCUT2D eigenvalue weighted by Gasteiger charge is 2.36. The van der Waals surface area contributed by atoms with Crippen LogP contribution in [-0.2, 0) is 0 Å². The Morgan fingerprint density at radius 1 is 1.17 bits per heavy atom. The molecule has 0 amide bonds. The second-order valence-corrected chi connectivity index (χ2v) is 9.49. The molecule has 30 heavy (non-hydrogen) atoms. The molecule has 0 fully saturated rings. The fourth-order valence-electron chi connectivity index (χ4n) is 5.27. The molecule has 0 aromatic rings. The minimum absolute atomic E-state index is 0.0885. The van der Waals surface area contributed by atoms with Crippen LogP contribution in [0.25, 0.3) is 0 Å². The molecule has 0 spiro atoms. The summed E-state index contributed by atoms with van der Waals surface area (Å²) in [7, 11) is 2.19. The van der Waals surface area contributed by atoms with Crippen molar-refractivity contribution in [2.75, 3.05) is 13.6 Å². The molecular weight excluding hydrogens is 369 g/mol. The topological polar surface area (TPSA) is 3.24 Å². The fourth-order valence-corrected chi connectivity index (χ4v) is 5.27. The molecule has 1 nitrogen and oxygen atoms in total. The summed E-state index contributed by atoms with van der Waals surface area (Å²) in [6, 6.07) is 0. The lowest BCUT2D eigenvalue weighted by Crippen LogP contribution is -2.37. The van der Waals surface area contributed by atoms with Crippen LogP contribution < -0.4 is 0 Å². The SMILES string of the molecule is C=CC(CCC)(CCCC)C(CCC(F)CC)CN(C)C1=C=C(C)C(CC)C(C)=C1. The highest BCUT2D eigenvalue weighted by molar-refractivity contribution is 5.33. The van der Waals surface area contributed by atoms with Crippen molar-refractivity contribution in [1.82, 2.24) is 4.90 Å². The second-order valence-electron chi connectivity index (χ2n) is 9.49. The molecule has 0 saturated carbocycles. The summed E-state index contributed by atoms with van der Waals surface area (Å²) in [5.41, 5.74) is 7.68. The predicted molar refractivity (Wildman–Crippen MR) is 131 cm³/mol. The van der Waals surface area contributed by atoms with Crippen LogP contribution in [-0.4, -0.2) is 24.7 Å². The number of likely N-dealkylation sites (N-methyl/N-ethyl adjacent to an activating group) is 1. The van der Waals surface area contributed by atoms with Gasteiger partial charge >= 0.3 is 0 Å². The zero-order valence-corrected chi connectivity index (χ0v) is 21.0. The number of rotatable bonds is 15. The van der Waals surface area contributed by atoms with Crippen molar-refractivity contribution < 1.29 is 4.39 Å². The molecule has 0 radical (unpaired) electrons. The van der Waals surface area contributed by atoms with E-state index < -0.39 is 6.17 Å². The first-order chi connectivity index (χ1) is 14.3. The Balaban J connectivity index is 3.21. The summed E-state index contributed by atoms with van der Waals surface area (Å²) in [6.45, 7) is 18.4. The van der Waals surface area contributed by atoms with Gasteiger partial charge in [0.25, 0.3) is 0 Å². The largest absolute Gasteiger partial charge is 0.368 e. The van der Waals surface area contributed by atoms with Crippen molar-refractivity contribution in [3.05, 3.63) is 41.3 Å². The second kappa shape index (κ2) is 13.2. The van der Waals surface area contributed by atoms with Crippen LogP contribution in [0, 0.1) is 17.3 Å². The molecule has 0 bridgehead atoms. The molecule has 4 atom stereocenters. The highest BCUT2D eigenvalue weighted by atomic mass is 19.1. The van der Waals surface area contributed by atoms with E-state index in [4.69, 9.17) is 0 Å². The maximum Gasteiger partial charge on any atom is 0.0999 e. The highest BCUT2D eigenvalue weighted by Crippen LogP contribution is 2.43. The van der Waals surface area contributed by atoms with Crippen molar-refractivity contribution in [3.63, 3.8) is 0 Å². The standard InChI is InChI=1S/C28H48FN/c1-9-14-18-28(13-5,17-10-2)24(15-16-25(29)11-3)21-30(8)26-19-22(6)27(12-4)23(7)20-26/h13,19,24-25,27H,5,9-12,14-18,21H2,1-4,6-8H3. The minimum Gasteiger partial charge on any atom is -0.368 e. The molecule has 2 heteroatoms. The Labute approximate surface area is 187 Å². The molecule has 0 heterocycles. The van der Waals surface area contributed by atoms with Crippen LogP contribution in [0.1, 0.15) is 99.3 Å². The Kier molecular flexibility index (Phi) is 11.8. The van der Waals surface area contributed by atoms with E-state index in [-0.39, 0.29) is 5.41 Å². The van der Waals surface area contributed by atoms with Gasteiger partial charge in [-0.3, -0.25) is 0 Å². The van der Waals surface area contributed by atoms with Crippen LogP contribution in [0.3, 0.4) is 0 Å². The van der Waals surface area contributed by atoms with Crippen molar-refractivity contribution in [2.24, 2.45) is 17.3 Å². The van der Waals surface area contributed by atoms with Crippen LogP contribution in [0.2, 0.25) is 0 Å². The predicted octanol–water partition coefficient (Wildman–Crippen LogP) is 8.64. The number of alkyl halides is 1. The van der Waals surface area contributed by atoms with Crippen LogP contribution >= 0.6 is 0 Å². The van der Waals surface area contributed by atoms with E-state index in [2.05, 4.69) is 71.0 Å². The molecule has 0 aromatic carbocycles. The first kappa shape index (κ1) is 26.8. The number of nitrogens with zero attached hydrogens (tertiary/aromatic N) is 1. The van der Waals surface area contributed by atoms with Crippen LogP contribution in [0.4, 0.5) is 4.39 Å². The zero-order chi connectivity index (χ0) is 22.7. The quantitative estimate of drug-likeness (QED) is 0.190. The van der Waals surface area contributed by atoms with E-state index in [0.717, 1.165) is 38.6 Å². The van der Waals surface area contributed by atoms with Gasteiger partial charge in [-0.05, 0) is 75.4 Å². The average molecular weight is 418 g/mol. The van der Waals surface area contributed by atoms with E-state index in [1.54, 1.807) is 0 Å². The Morgan fingerprint density at radius 2 is 1.87 bits per heavy atom. The average Bonchev–Trinajstić information content (AvgIpc) is 2.73. The van der Waals surface area contributed by atoms with Crippen molar-refractivity contribution in [2.45, 2.75) is 106 Å². The van der Waals surface area contributed by atoms with Gasteiger partial charge in [0.05, 0.1) is 11.9 Å². The summed E-state index contributed by atoms with van der Waals surface area (Å²) in [5, 5.41) is 0. The Bertz CT molecular complexity index is 625. The number of hydrogen-bond donors (Lipinski definition) is 0. The monoisotopic (exact) mass is 417 g/mol. The first-order valence-electron chi connectivity index (χ1n) is 12.4. The number of hydrogen-bond acceptors (Lipinski definition) is 1. The number of allylic oxidation sites excluding steroid dienone is 3. The molecule has 0 aromatic heterocycles. The van der Waals surface area contributed by atoms with Gasteiger partial charge in [-0.25, -0.2) is 4.39 Å². The van der Waals surface area contributed by atoms with Crippen molar-refractivity contribution in [3.8, 4) is 0 Å². The van der Waals surface area contributed by atoms with Gasteiger partial charge in [0.15, 0.2) is 0 Å². The smallest absolute Gasteiger partial charge is 0.0999 e. The third-order valence-electron chi connectivity index (χ3n) is 7.28. The first-order valence-corrected chi connectivity index (χ1v) is 12.4. The number of halogens is 1. The maximum absolute atomic E-state index is 14.2. The lowest BCUT2D eigenvalue weighted by atomic mass is 9.67. The summed E-state index contributed by atoms with van der Waals surface area (Å²) in [4.78, 5) is 2.36. The lowest BCUT2D eigenvalue weighted by molar-refractivity contribution is 0.129. The maximum atomic E-state index is 14.2. The molecule has 1 aliphatic rings. The van der Waals surface area contributed by atoms with Gasteiger partial charge in [0.2, 0.25) is 0 Å². The fraction of sp³-hybridized carbons (Fsp3) is 0.750. The molecule has 0 saturated heterocycles. The summed E-state index contributed by atoms with van der Waals surface area (Å²) >= 11 is 0. The van der Waals surface area contributed by atoms with Gasteiger partial charge in [-0.2, -0.15) is 0 Å². The van der Waals surface area contributed by atoms with E-state index in [1.165, 1.54) is 29.7 Å². The Hall–Kier alpha value is -1.27.